The molecule has 0 saturated carbocycles. The highest BCUT2D eigenvalue weighted by Gasteiger charge is 2.19. The van der Waals surface area contributed by atoms with Crippen LogP contribution in [-0.4, -0.2) is 23.4 Å². The monoisotopic (exact) mass is 470 g/mol. The third kappa shape index (κ3) is 4.89. The molecule has 0 spiro atoms. The Morgan fingerprint density at radius 3 is 1.97 bits per heavy atom. The van der Waals surface area contributed by atoms with Crippen LogP contribution >= 0.6 is 0 Å². The quantitative estimate of drug-likeness (QED) is 0.180. The first kappa shape index (κ1) is 23.1. The van der Waals surface area contributed by atoms with Crippen molar-refractivity contribution >= 4 is 17.9 Å². The van der Waals surface area contributed by atoms with Gasteiger partial charge in [0.2, 0.25) is 0 Å². The standard InChI is InChI=1S/C32H26N2O2/c1-2-36-32(35)26-18-20-29(21-19-26)34-30(24-12-6-3-7-13-24)22-27(23-33-28-16-10-5-11-17-28)31(34)25-14-8-4-9-15-25/h3-23H,2H2,1H3. The Labute approximate surface area is 211 Å². The number of benzene rings is 4. The zero-order chi connectivity index (χ0) is 24.7. The van der Waals surface area contributed by atoms with Crippen molar-refractivity contribution in [3.63, 3.8) is 0 Å². The summed E-state index contributed by atoms with van der Waals surface area (Å²) in [7, 11) is 0. The minimum atomic E-state index is -0.321. The number of para-hydroxylation sites is 1. The van der Waals surface area contributed by atoms with Gasteiger partial charge in [-0.25, -0.2) is 4.79 Å². The third-order valence-electron chi connectivity index (χ3n) is 5.89. The molecular weight excluding hydrogens is 444 g/mol. The number of esters is 1. The normalized spacial score (nSPS) is 11.0. The fourth-order valence-corrected chi connectivity index (χ4v) is 4.23. The van der Waals surface area contributed by atoms with Crippen molar-refractivity contribution in [3.05, 3.63) is 132 Å². The lowest BCUT2D eigenvalue weighted by Gasteiger charge is -2.15. The lowest BCUT2D eigenvalue weighted by atomic mass is 10.1. The highest BCUT2D eigenvalue weighted by Crippen LogP contribution is 2.35. The van der Waals surface area contributed by atoms with E-state index in [2.05, 4.69) is 34.9 Å². The van der Waals surface area contributed by atoms with E-state index in [1.54, 1.807) is 0 Å². The highest BCUT2D eigenvalue weighted by atomic mass is 16.5. The number of carbonyl (C=O) groups excluding carboxylic acids is 1. The second kappa shape index (κ2) is 10.7. The van der Waals surface area contributed by atoms with Crippen molar-refractivity contribution in [2.24, 2.45) is 4.99 Å². The van der Waals surface area contributed by atoms with Gasteiger partial charge < -0.3 is 9.30 Å². The van der Waals surface area contributed by atoms with Gasteiger partial charge in [0, 0.05) is 17.5 Å². The summed E-state index contributed by atoms with van der Waals surface area (Å²) in [5.74, 6) is -0.321. The molecule has 5 rings (SSSR count). The molecule has 4 aromatic carbocycles. The topological polar surface area (TPSA) is 43.6 Å². The summed E-state index contributed by atoms with van der Waals surface area (Å²) in [6, 6.07) is 40.2. The first-order valence-corrected chi connectivity index (χ1v) is 12.0. The Bertz CT molecular complexity index is 1470. The van der Waals surface area contributed by atoms with Crippen LogP contribution in [0.1, 0.15) is 22.8 Å². The van der Waals surface area contributed by atoms with Gasteiger partial charge in [0.15, 0.2) is 0 Å². The molecule has 0 aliphatic carbocycles. The molecule has 4 nitrogen and oxygen atoms in total. The Balaban J connectivity index is 1.72. The molecule has 0 unspecified atom stereocenters. The summed E-state index contributed by atoms with van der Waals surface area (Å²) in [6.45, 7) is 2.15. The molecule has 5 aromatic rings. The highest BCUT2D eigenvalue weighted by molar-refractivity contribution is 5.95. The number of hydrogen-bond acceptors (Lipinski definition) is 3. The van der Waals surface area contributed by atoms with Crippen LogP contribution in [0.5, 0.6) is 0 Å². The van der Waals surface area contributed by atoms with Crippen molar-refractivity contribution in [2.75, 3.05) is 6.61 Å². The molecule has 4 heteroatoms. The smallest absolute Gasteiger partial charge is 0.338 e. The minimum absolute atomic E-state index is 0.321. The van der Waals surface area contributed by atoms with Gasteiger partial charge in [0.1, 0.15) is 0 Å². The average molecular weight is 471 g/mol. The molecule has 36 heavy (non-hydrogen) atoms. The van der Waals surface area contributed by atoms with E-state index in [0.29, 0.717) is 12.2 Å². The predicted molar refractivity (Wildman–Crippen MR) is 146 cm³/mol. The maximum Gasteiger partial charge on any atom is 0.338 e. The van der Waals surface area contributed by atoms with Crippen LogP contribution in [-0.2, 0) is 4.74 Å². The summed E-state index contributed by atoms with van der Waals surface area (Å²) in [5.41, 5.74) is 7.59. The molecule has 1 aromatic heterocycles. The molecular formula is C32H26N2O2. The zero-order valence-corrected chi connectivity index (χ0v) is 20.0. The second-order valence-corrected chi connectivity index (χ2v) is 8.26. The first-order chi connectivity index (χ1) is 17.7. The minimum Gasteiger partial charge on any atom is -0.462 e. The molecule has 0 bridgehead atoms. The van der Waals surface area contributed by atoms with Crippen LogP contribution in [0, 0.1) is 0 Å². The van der Waals surface area contributed by atoms with Crippen LogP contribution in [0.3, 0.4) is 0 Å². The predicted octanol–water partition coefficient (Wildman–Crippen LogP) is 7.74. The average Bonchev–Trinajstić information content (AvgIpc) is 3.33. The summed E-state index contributed by atoms with van der Waals surface area (Å²) in [5, 5.41) is 0. The first-order valence-electron chi connectivity index (χ1n) is 12.0. The van der Waals surface area contributed by atoms with Crippen molar-refractivity contribution in [3.8, 4) is 28.2 Å². The summed E-state index contributed by atoms with van der Waals surface area (Å²) in [6.07, 6.45) is 1.92. The number of aliphatic imine (C=N–C) groups is 1. The molecule has 0 atom stereocenters. The third-order valence-corrected chi connectivity index (χ3v) is 5.89. The van der Waals surface area contributed by atoms with E-state index >= 15 is 0 Å². The van der Waals surface area contributed by atoms with Gasteiger partial charge in [-0.05, 0) is 60.5 Å². The van der Waals surface area contributed by atoms with Crippen LogP contribution in [0.15, 0.2) is 126 Å². The zero-order valence-electron chi connectivity index (χ0n) is 20.0. The van der Waals surface area contributed by atoms with Gasteiger partial charge in [-0.15, -0.1) is 0 Å². The maximum absolute atomic E-state index is 12.2. The number of hydrogen-bond donors (Lipinski definition) is 0. The fraction of sp³-hybridized carbons (Fsp3) is 0.0625. The maximum atomic E-state index is 12.2. The molecule has 0 saturated heterocycles. The van der Waals surface area contributed by atoms with Gasteiger partial charge in [0.05, 0.1) is 29.2 Å². The summed E-state index contributed by atoms with van der Waals surface area (Å²) < 4.78 is 7.40. The molecule has 0 amide bonds. The fourth-order valence-electron chi connectivity index (χ4n) is 4.23. The molecule has 0 radical (unpaired) electrons. The molecule has 1 heterocycles. The number of nitrogens with zero attached hydrogens (tertiary/aromatic N) is 2. The van der Waals surface area contributed by atoms with Crippen molar-refractivity contribution < 1.29 is 9.53 Å². The van der Waals surface area contributed by atoms with Crippen molar-refractivity contribution in [1.82, 2.24) is 4.57 Å². The Morgan fingerprint density at radius 2 is 1.36 bits per heavy atom. The van der Waals surface area contributed by atoms with Crippen LogP contribution in [0.2, 0.25) is 0 Å². The van der Waals surface area contributed by atoms with E-state index in [0.717, 1.165) is 39.5 Å². The van der Waals surface area contributed by atoms with E-state index in [4.69, 9.17) is 9.73 Å². The molecule has 0 fully saturated rings. The SMILES string of the molecule is CCOC(=O)c1ccc(-n2c(-c3ccccc3)cc(C=Nc3ccccc3)c2-c2ccccc2)cc1. The lowest BCUT2D eigenvalue weighted by molar-refractivity contribution is 0.0526. The second-order valence-electron chi connectivity index (χ2n) is 8.26. The lowest BCUT2D eigenvalue weighted by Crippen LogP contribution is -2.05. The van der Waals surface area contributed by atoms with E-state index in [1.165, 1.54) is 0 Å². The Morgan fingerprint density at radius 1 is 0.778 bits per heavy atom. The summed E-state index contributed by atoms with van der Waals surface area (Å²) >= 11 is 0. The molecule has 0 aliphatic rings. The van der Waals surface area contributed by atoms with Gasteiger partial charge >= 0.3 is 5.97 Å². The van der Waals surface area contributed by atoms with E-state index in [1.807, 2.05) is 104 Å². The van der Waals surface area contributed by atoms with Crippen molar-refractivity contribution in [2.45, 2.75) is 6.92 Å². The molecule has 0 N–H and O–H groups in total. The van der Waals surface area contributed by atoms with Crippen molar-refractivity contribution in [1.29, 1.82) is 0 Å². The van der Waals surface area contributed by atoms with Gasteiger partial charge in [0.25, 0.3) is 0 Å². The van der Waals surface area contributed by atoms with Gasteiger partial charge in [-0.1, -0.05) is 78.9 Å². The van der Waals surface area contributed by atoms with Crippen LogP contribution in [0.4, 0.5) is 5.69 Å². The van der Waals surface area contributed by atoms with Crippen LogP contribution < -0.4 is 0 Å². The number of aromatic nitrogens is 1. The molecule has 0 aliphatic heterocycles. The largest absolute Gasteiger partial charge is 0.462 e. The van der Waals surface area contributed by atoms with E-state index in [9.17, 15) is 4.79 Å². The van der Waals surface area contributed by atoms with E-state index < -0.39 is 0 Å². The Kier molecular flexibility index (Phi) is 6.86. The van der Waals surface area contributed by atoms with Crippen LogP contribution in [0.25, 0.3) is 28.2 Å². The number of ether oxygens (including phenoxy) is 1. The molecule has 176 valence electrons. The Hall–Kier alpha value is -4.70. The number of rotatable bonds is 7. The van der Waals surface area contributed by atoms with E-state index in [-0.39, 0.29) is 5.97 Å². The summed E-state index contributed by atoms with van der Waals surface area (Å²) in [4.78, 5) is 17.0. The van der Waals surface area contributed by atoms with Gasteiger partial charge in [-0.2, -0.15) is 0 Å². The number of carbonyl (C=O) groups is 1. The van der Waals surface area contributed by atoms with Gasteiger partial charge in [-0.3, -0.25) is 4.99 Å².